The van der Waals surface area contributed by atoms with Gasteiger partial charge in [-0.1, -0.05) is 0 Å². The lowest BCUT2D eigenvalue weighted by atomic mass is 9.72. The van der Waals surface area contributed by atoms with Crippen LogP contribution in [-0.2, 0) is 0 Å². The lowest BCUT2D eigenvalue weighted by Crippen LogP contribution is -2.69. The summed E-state index contributed by atoms with van der Waals surface area (Å²) >= 11 is 1.65. The van der Waals surface area contributed by atoms with Crippen LogP contribution in [0, 0.1) is 5.92 Å². The largest absolute Gasteiger partial charge is 0.346 e. The van der Waals surface area contributed by atoms with Gasteiger partial charge in [0.15, 0.2) is 0 Å². The zero-order valence-electron chi connectivity index (χ0n) is 13.4. The van der Waals surface area contributed by atoms with Gasteiger partial charge in [-0.05, 0) is 68.6 Å². The molecule has 23 heavy (non-hydrogen) atoms. The van der Waals surface area contributed by atoms with Crippen LogP contribution in [0.1, 0.15) is 37.2 Å². The van der Waals surface area contributed by atoms with Crippen molar-refractivity contribution >= 4 is 39.7 Å². The number of aromatic nitrogens is 1. The van der Waals surface area contributed by atoms with Gasteiger partial charge in [-0.25, -0.2) is 4.98 Å². The second kappa shape index (κ2) is 6.04. The number of pyridine rings is 1. The fourth-order valence-corrected chi connectivity index (χ4v) is 4.82. The van der Waals surface area contributed by atoms with E-state index in [1.165, 1.54) is 12.8 Å². The van der Waals surface area contributed by atoms with E-state index in [0.29, 0.717) is 11.6 Å². The van der Waals surface area contributed by atoms with Gasteiger partial charge in [-0.15, -0.1) is 23.7 Å². The standard InChI is InChI=1S/C17H21N3OS.ClH/c1-17(2)15(11-3-6-20(17)7-4-11)19-16(21)13-9-12-5-8-22-14(12)10-18-13;/h5,8-11,15H,3-4,6-7H2,1-2H3,(H,19,21);1H. The van der Waals surface area contributed by atoms with Gasteiger partial charge in [0, 0.05) is 17.8 Å². The minimum absolute atomic E-state index is 0. The molecule has 6 heteroatoms. The molecule has 5 rings (SSSR count). The molecule has 4 nitrogen and oxygen atoms in total. The first-order valence-corrected chi connectivity index (χ1v) is 8.83. The summed E-state index contributed by atoms with van der Waals surface area (Å²) < 4.78 is 1.12. The van der Waals surface area contributed by atoms with Gasteiger partial charge in [0.1, 0.15) is 5.69 Å². The van der Waals surface area contributed by atoms with Crippen LogP contribution in [0.5, 0.6) is 0 Å². The van der Waals surface area contributed by atoms with Crippen LogP contribution in [-0.4, -0.2) is 40.5 Å². The molecule has 0 radical (unpaired) electrons. The summed E-state index contributed by atoms with van der Waals surface area (Å²) in [6, 6.07) is 4.15. The number of carbonyl (C=O) groups is 1. The summed E-state index contributed by atoms with van der Waals surface area (Å²) in [5.74, 6) is 0.550. The second-order valence-corrected chi connectivity index (χ2v) is 7.90. The quantitative estimate of drug-likeness (QED) is 0.902. The highest BCUT2D eigenvalue weighted by molar-refractivity contribution is 7.17. The molecule has 1 unspecified atom stereocenters. The molecule has 3 saturated heterocycles. The molecular weight excluding hydrogens is 330 g/mol. The Labute approximate surface area is 146 Å². The fraction of sp³-hybridized carbons (Fsp3) is 0.529. The van der Waals surface area contributed by atoms with Crippen LogP contribution in [0.4, 0.5) is 0 Å². The molecule has 2 aromatic heterocycles. The SMILES string of the molecule is CC1(C)C(NC(=O)c2cc3ccsc3cn2)C2CCN1CC2.Cl. The van der Waals surface area contributed by atoms with E-state index in [9.17, 15) is 4.79 Å². The minimum Gasteiger partial charge on any atom is -0.346 e. The lowest BCUT2D eigenvalue weighted by Gasteiger charge is -2.56. The highest BCUT2D eigenvalue weighted by atomic mass is 35.5. The molecule has 2 aromatic rings. The predicted octanol–water partition coefficient (Wildman–Crippen LogP) is 3.32. The molecule has 1 amide bonds. The molecule has 124 valence electrons. The Morgan fingerprint density at radius 2 is 2.13 bits per heavy atom. The minimum atomic E-state index is -0.0417. The molecule has 1 atom stereocenters. The van der Waals surface area contributed by atoms with Crippen molar-refractivity contribution in [1.82, 2.24) is 15.2 Å². The third kappa shape index (κ3) is 2.75. The zero-order valence-corrected chi connectivity index (χ0v) is 15.0. The number of nitrogens with one attached hydrogen (secondary N) is 1. The number of thiophene rings is 1. The Morgan fingerprint density at radius 1 is 1.39 bits per heavy atom. The Hall–Kier alpha value is -1.17. The van der Waals surface area contributed by atoms with Crippen molar-refractivity contribution in [3.63, 3.8) is 0 Å². The average molecular weight is 352 g/mol. The number of hydrogen-bond donors (Lipinski definition) is 1. The van der Waals surface area contributed by atoms with Gasteiger partial charge in [0.05, 0.1) is 4.70 Å². The molecule has 0 aromatic carbocycles. The summed E-state index contributed by atoms with van der Waals surface area (Å²) in [4.78, 5) is 19.5. The molecule has 1 N–H and O–H groups in total. The van der Waals surface area contributed by atoms with Crippen molar-refractivity contribution in [2.24, 2.45) is 5.92 Å². The van der Waals surface area contributed by atoms with Gasteiger partial charge in [-0.3, -0.25) is 9.69 Å². The number of piperidine rings is 3. The van der Waals surface area contributed by atoms with Crippen molar-refractivity contribution in [1.29, 1.82) is 0 Å². The Kier molecular flexibility index (Phi) is 4.38. The van der Waals surface area contributed by atoms with E-state index in [0.717, 1.165) is 23.2 Å². The number of fused-ring (bicyclic) bond motifs is 4. The zero-order chi connectivity index (χ0) is 15.3. The van der Waals surface area contributed by atoms with Crippen molar-refractivity contribution in [2.45, 2.75) is 38.3 Å². The van der Waals surface area contributed by atoms with Crippen LogP contribution < -0.4 is 5.32 Å². The van der Waals surface area contributed by atoms with Crippen molar-refractivity contribution in [3.05, 3.63) is 29.4 Å². The van der Waals surface area contributed by atoms with Gasteiger partial charge < -0.3 is 5.32 Å². The van der Waals surface area contributed by atoms with E-state index in [1.54, 1.807) is 17.5 Å². The van der Waals surface area contributed by atoms with Gasteiger partial charge in [0.2, 0.25) is 0 Å². The highest BCUT2D eigenvalue weighted by Crippen LogP contribution is 2.39. The molecule has 0 spiro atoms. The van der Waals surface area contributed by atoms with Crippen molar-refractivity contribution in [2.75, 3.05) is 13.1 Å². The van der Waals surface area contributed by atoms with Crippen LogP contribution in [0.3, 0.4) is 0 Å². The van der Waals surface area contributed by atoms with Crippen LogP contribution >= 0.6 is 23.7 Å². The van der Waals surface area contributed by atoms with E-state index in [4.69, 9.17) is 0 Å². The Morgan fingerprint density at radius 3 is 2.83 bits per heavy atom. The molecule has 3 fully saturated rings. The van der Waals surface area contributed by atoms with Crippen LogP contribution in [0.2, 0.25) is 0 Å². The van der Waals surface area contributed by atoms with E-state index >= 15 is 0 Å². The van der Waals surface area contributed by atoms with Gasteiger partial charge in [0.25, 0.3) is 5.91 Å². The second-order valence-electron chi connectivity index (χ2n) is 6.96. The monoisotopic (exact) mass is 351 g/mol. The normalized spacial score (nSPS) is 28.3. The number of carbonyl (C=O) groups excluding carboxylic acids is 1. The van der Waals surface area contributed by atoms with Gasteiger partial charge >= 0.3 is 0 Å². The summed E-state index contributed by atoms with van der Waals surface area (Å²) in [6.07, 6.45) is 4.17. The lowest BCUT2D eigenvalue weighted by molar-refractivity contribution is -0.0378. The first-order chi connectivity index (χ1) is 10.6. The number of amides is 1. The third-order valence-electron chi connectivity index (χ3n) is 5.45. The Balaban J connectivity index is 0.00000156. The number of hydrogen-bond acceptors (Lipinski definition) is 4. The van der Waals surface area contributed by atoms with Crippen molar-refractivity contribution < 1.29 is 4.79 Å². The summed E-state index contributed by atoms with van der Waals surface area (Å²) in [5.41, 5.74) is 0.557. The number of halogens is 1. The molecule has 3 aliphatic rings. The first-order valence-electron chi connectivity index (χ1n) is 7.95. The smallest absolute Gasteiger partial charge is 0.270 e. The van der Waals surface area contributed by atoms with E-state index in [-0.39, 0.29) is 29.9 Å². The maximum absolute atomic E-state index is 12.7. The molecule has 0 saturated carbocycles. The predicted molar refractivity (Wildman–Crippen MR) is 96.5 cm³/mol. The third-order valence-corrected chi connectivity index (χ3v) is 6.31. The molecular formula is C17H22ClN3OS. The summed E-state index contributed by atoms with van der Waals surface area (Å²) in [7, 11) is 0. The van der Waals surface area contributed by atoms with Crippen LogP contribution in [0.25, 0.3) is 10.1 Å². The first kappa shape index (κ1) is 16.7. The summed E-state index contributed by atoms with van der Waals surface area (Å²) in [5, 5.41) is 6.40. The molecule has 3 aliphatic heterocycles. The maximum Gasteiger partial charge on any atom is 0.270 e. The topological polar surface area (TPSA) is 45.2 Å². The molecule has 5 heterocycles. The highest BCUT2D eigenvalue weighted by Gasteiger charge is 2.48. The fourth-order valence-electron chi connectivity index (χ4n) is 4.08. The maximum atomic E-state index is 12.7. The summed E-state index contributed by atoms with van der Waals surface area (Å²) in [6.45, 7) is 6.81. The Bertz CT molecular complexity index is 721. The van der Waals surface area contributed by atoms with Crippen LogP contribution in [0.15, 0.2) is 23.7 Å². The van der Waals surface area contributed by atoms with Crippen molar-refractivity contribution in [3.8, 4) is 0 Å². The molecule has 0 aliphatic carbocycles. The molecule has 2 bridgehead atoms. The number of nitrogens with zero attached hydrogens (tertiary/aromatic N) is 2. The van der Waals surface area contributed by atoms with E-state index < -0.39 is 0 Å². The van der Waals surface area contributed by atoms with Gasteiger partial charge in [-0.2, -0.15) is 0 Å². The van der Waals surface area contributed by atoms with E-state index in [2.05, 4.69) is 29.0 Å². The van der Waals surface area contributed by atoms with E-state index in [1.807, 2.05) is 17.5 Å². The number of rotatable bonds is 2. The average Bonchev–Trinajstić information content (AvgIpc) is 2.98.